The van der Waals surface area contributed by atoms with E-state index >= 15 is 0 Å². The van der Waals surface area contributed by atoms with E-state index in [1.165, 1.54) is 27.0 Å². The molecular formula is C12H11NO2S4. The molecule has 0 saturated carbocycles. The summed E-state index contributed by atoms with van der Waals surface area (Å²) < 4.78 is 27.4. The zero-order chi connectivity index (χ0) is 13.6. The Hall–Kier alpha value is -0.600. The van der Waals surface area contributed by atoms with Crippen LogP contribution in [-0.2, 0) is 23.1 Å². The Balaban J connectivity index is 1.93. The molecule has 1 aromatic carbocycles. The van der Waals surface area contributed by atoms with Crippen LogP contribution >= 0.6 is 34.9 Å². The highest BCUT2D eigenvalue weighted by atomic mass is 32.2. The van der Waals surface area contributed by atoms with E-state index in [2.05, 4.69) is 0 Å². The first-order valence-corrected chi connectivity index (χ1v) is 9.13. The topological polar surface area (TPSA) is 37.4 Å². The Bertz CT molecular complexity index is 744. The molecule has 0 bridgehead atoms. The van der Waals surface area contributed by atoms with Gasteiger partial charge in [0.05, 0.1) is 4.90 Å². The summed E-state index contributed by atoms with van der Waals surface area (Å²) in [5.74, 6) is 0. The van der Waals surface area contributed by atoms with Crippen LogP contribution in [0.4, 0.5) is 0 Å². The molecule has 0 N–H and O–H groups in total. The normalized spacial score (nSPS) is 15.6. The quantitative estimate of drug-likeness (QED) is 0.791. The first-order chi connectivity index (χ1) is 8.96. The molecule has 1 aromatic heterocycles. The number of sulfonamides is 1. The van der Waals surface area contributed by atoms with Crippen molar-refractivity contribution in [3.8, 4) is 0 Å². The lowest BCUT2D eigenvalue weighted by molar-refractivity contribution is 0.434. The Morgan fingerprint density at radius 1 is 1.11 bits per heavy atom. The van der Waals surface area contributed by atoms with Crippen molar-refractivity contribution in [2.24, 2.45) is 0 Å². The van der Waals surface area contributed by atoms with Crippen LogP contribution in [0.1, 0.15) is 15.3 Å². The maximum Gasteiger partial charge on any atom is 0.243 e. The van der Waals surface area contributed by atoms with Crippen LogP contribution in [0.3, 0.4) is 0 Å². The van der Waals surface area contributed by atoms with Gasteiger partial charge in [-0.2, -0.15) is 4.31 Å². The van der Waals surface area contributed by atoms with E-state index in [0.29, 0.717) is 18.0 Å². The number of hydrogen-bond donors (Lipinski definition) is 0. The third-order valence-corrected chi connectivity index (χ3v) is 7.54. The molecule has 0 unspecified atom stereocenters. The molecule has 0 atom stereocenters. The number of aryl methyl sites for hydroxylation is 1. The second-order valence-electron chi connectivity index (χ2n) is 4.39. The molecule has 0 amide bonds. The molecule has 2 aromatic rings. The van der Waals surface area contributed by atoms with Gasteiger partial charge in [-0.1, -0.05) is 29.9 Å². The molecule has 3 rings (SSSR count). The molecule has 7 heteroatoms. The molecule has 1 aliphatic heterocycles. The van der Waals surface area contributed by atoms with Crippen molar-refractivity contribution in [2.45, 2.75) is 24.9 Å². The second kappa shape index (κ2) is 4.75. The summed E-state index contributed by atoms with van der Waals surface area (Å²) in [5.41, 5.74) is 1.05. The largest absolute Gasteiger partial charge is 0.243 e. The van der Waals surface area contributed by atoms with Gasteiger partial charge in [0, 0.05) is 22.8 Å². The standard InChI is InChI=1S/C12H11NO2S4/c1-8-2-4-9(5-3-8)19(14,15)13-6-10-11(7-13)18-12(16)17-10/h2-5H,6-7H2,1H3. The van der Waals surface area contributed by atoms with Gasteiger partial charge < -0.3 is 0 Å². The summed E-state index contributed by atoms with van der Waals surface area (Å²) in [6.07, 6.45) is 0. The molecule has 2 heterocycles. The first-order valence-electron chi connectivity index (χ1n) is 5.65. The fourth-order valence-electron chi connectivity index (χ4n) is 1.98. The van der Waals surface area contributed by atoms with Gasteiger partial charge in [-0.15, -0.1) is 22.7 Å². The summed E-state index contributed by atoms with van der Waals surface area (Å²) in [5, 5.41) is 0. The van der Waals surface area contributed by atoms with Crippen LogP contribution in [0.15, 0.2) is 29.2 Å². The smallest absolute Gasteiger partial charge is 0.207 e. The van der Waals surface area contributed by atoms with Crippen molar-refractivity contribution in [1.82, 2.24) is 4.31 Å². The fraction of sp³-hybridized carbons (Fsp3) is 0.250. The van der Waals surface area contributed by atoms with E-state index in [1.807, 2.05) is 19.1 Å². The van der Waals surface area contributed by atoms with Gasteiger partial charge in [0.1, 0.15) is 3.14 Å². The van der Waals surface area contributed by atoms with E-state index < -0.39 is 10.0 Å². The van der Waals surface area contributed by atoms with Crippen LogP contribution in [-0.4, -0.2) is 12.7 Å². The fourth-order valence-corrected chi connectivity index (χ4v) is 6.35. The third-order valence-electron chi connectivity index (χ3n) is 3.02. The molecule has 1 aliphatic rings. The van der Waals surface area contributed by atoms with Gasteiger partial charge in [0.2, 0.25) is 10.0 Å². The van der Waals surface area contributed by atoms with Gasteiger partial charge in [0.15, 0.2) is 0 Å². The zero-order valence-corrected chi connectivity index (χ0v) is 13.4. The Morgan fingerprint density at radius 2 is 1.63 bits per heavy atom. The van der Waals surface area contributed by atoms with Crippen LogP contribution in [0.2, 0.25) is 0 Å². The lowest BCUT2D eigenvalue weighted by Gasteiger charge is -2.15. The van der Waals surface area contributed by atoms with E-state index in [0.717, 1.165) is 18.5 Å². The molecule has 100 valence electrons. The van der Waals surface area contributed by atoms with E-state index in [4.69, 9.17) is 12.2 Å². The van der Waals surface area contributed by atoms with Crippen molar-refractivity contribution in [2.75, 3.05) is 0 Å². The monoisotopic (exact) mass is 329 g/mol. The molecule has 0 fully saturated rings. The van der Waals surface area contributed by atoms with E-state index in [-0.39, 0.29) is 0 Å². The highest BCUT2D eigenvalue weighted by Gasteiger charge is 2.32. The molecule has 19 heavy (non-hydrogen) atoms. The molecule has 0 radical (unpaired) electrons. The summed E-state index contributed by atoms with van der Waals surface area (Å²) in [6.45, 7) is 2.84. The van der Waals surface area contributed by atoms with Crippen LogP contribution in [0, 0.1) is 10.1 Å². The lowest BCUT2D eigenvalue weighted by atomic mass is 10.2. The number of rotatable bonds is 2. The number of fused-ring (bicyclic) bond motifs is 1. The van der Waals surface area contributed by atoms with E-state index in [1.54, 1.807) is 12.1 Å². The molecule has 0 spiro atoms. The minimum Gasteiger partial charge on any atom is -0.207 e. The SMILES string of the molecule is Cc1ccc(S(=O)(=O)N2Cc3sc(=S)sc3C2)cc1. The van der Waals surface area contributed by atoms with Gasteiger partial charge >= 0.3 is 0 Å². The van der Waals surface area contributed by atoms with Crippen molar-refractivity contribution in [3.63, 3.8) is 0 Å². The van der Waals surface area contributed by atoms with Crippen LogP contribution in [0.25, 0.3) is 0 Å². The maximum absolute atomic E-state index is 12.5. The summed E-state index contributed by atoms with van der Waals surface area (Å²) in [7, 11) is -3.39. The van der Waals surface area contributed by atoms with Gasteiger partial charge in [-0.05, 0) is 19.1 Å². The van der Waals surface area contributed by atoms with Crippen molar-refractivity contribution in [1.29, 1.82) is 0 Å². The Kier molecular flexibility index (Phi) is 3.34. The zero-order valence-electron chi connectivity index (χ0n) is 10.1. The predicted molar refractivity (Wildman–Crippen MR) is 80.6 cm³/mol. The van der Waals surface area contributed by atoms with Crippen LogP contribution in [0.5, 0.6) is 0 Å². The first kappa shape index (κ1) is 13.4. The molecule has 0 aliphatic carbocycles. The minimum absolute atomic E-state index is 0.358. The van der Waals surface area contributed by atoms with Crippen molar-refractivity contribution >= 4 is 44.9 Å². The van der Waals surface area contributed by atoms with E-state index in [9.17, 15) is 8.42 Å². The number of nitrogens with zero attached hydrogens (tertiary/aromatic N) is 1. The molecule has 0 saturated heterocycles. The second-order valence-corrected chi connectivity index (χ2v) is 9.72. The van der Waals surface area contributed by atoms with Crippen molar-refractivity contribution in [3.05, 3.63) is 42.7 Å². The summed E-state index contributed by atoms with van der Waals surface area (Å²) in [4.78, 5) is 2.54. The van der Waals surface area contributed by atoms with Gasteiger partial charge in [0.25, 0.3) is 0 Å². The maximum atomic E-state index is 12.5. The average Bonchev–Trinajstić information content (AvgIpc) is 2.87. The van der Waals surface area contributed by atoms with Crippen molar-refractivity contribution < 1.29 is 8.42 Å². The summed E-state index contributed by atoms with van der Waals surface area (Å²) >= 11 is 8.17. The van der Waals surface area contributed by atoms with Crippen LogP contribution < -0.4 is 0 Å². The highest BCUT2D eigenvalue weighted by molar-refractivity contribution is 7.89. The third kappa shape index (κ3) is 2.41. The minimum atomic E-state index is -3.39. The Labute approximate surface area is 125 Å². The number of benzene rings is 1. The van der Waals surface area contributed by atoms with Gasteiger partial charge in [-0.3, -0.25) is 0 Å². The lowest BCUT2D eigenvalue weighted by Crippen LogP contribution is -2.25. The van der Waals surface area contributed by atoms with Gasteiger partial charge in [-0.25, -0.2) is 8.42 Å². The molecular weight excluding hydrogens is 318 g/mol. The highest BCUT2D eigenvalue weighted by Crippen LogP contribution is 2.36. The molecule has 3 nitrogen and oxygen atoms in total. The predicted octanol–water partition coefficient (Wildman–Crippen LogP) is 3.55. The average molecular weight is 329 g/mol. The number of hydrogen-bond acceptors (Lipinski definition) is 5. The Morgan fingerprint density at radius 3 is 2.16 bits per heavy atom. The summed E-state index contributed by atoms with van der Waals surface area (Å²) in [6, 6.07) is 6.98.